The SMILES string of the molecule is Cc1nc2ccc(NC(=O)c3c(C)nn(Cc4ccccc4Cl)c3C)cc2s1. The number of carbonyl (C=O) groups excluding carboxylic acids is 1. The topological polar surface area (TPSA) is 59.8 Å². The zero-order valence-electron chi connectivity index (χ0n) is 15.8. The smallest absolute Gasteiger partial charge is 0.259 e. The number of aryl methyl sites for hydroxylation is 2. The van der Waals surface area contributed by atoms with Crippen molar-refractivity contribution in [1.82, 2.24) is 14.8 Å². The number of aromatic nitrogens is 3. The largest absolute Gasteiger partial charge is 0.322 e. The van der Waals surface area contributed by atoms with E-state index in [9.17, 15) is 4.79 Å². The summed E-state index contributed by atoms with van der Waals surface area (Å²) in [4.78, 5) is 17.4. The van der Waals surface area contributed by atoms with Gasteiger partial charge in [-0.2, -0.15) is 5.10 Å². The molecule has 4 aromatic rings. The van der Waals surface area contributed by atoms with E-state index in [-0.39, 0.29) is 5.91 Å². The first-order valence-electron chi connectivity index (χ1n) is 8.88. The van der Waals surface area contributed by atoms with Crippen molar-refractivity contribution in [3.05, 3.63) is 75.0 Å². The monoisotopic (exact) mass is 410 g/mol. The number of rotatable bonds is 4. The molecule has 4 rings (SSSR count). The van der Waals surface area contributed by atoms with Crippen LogP contribution < -0.4 is 5.32 Å². The van der Waals surface area contributed by atoms with Gasteiger partial charge in [0.25, 0.3) is 5.91 Å². The van der Waals surface area contributed by atoms with Crippen LogP contribution in [-0.4, -0.2) is 20.7 Å². The summed E-state index contributed by atoms with van der Waals surface area (Å²) in [6.45, 7) is 6.25. The van der Waals surface area contributed by atoms with Crippen LogP contribution in [0.4, 0.5) is 5.69 Å². The van der Waals surface area contributed by atoms with Crippen molar-refractivity contribution in [1.29, 1.82) is 0 Å². The van der Waals surface area contributed by atoms with Gasteiger partial charge in [0.1, 0.15) is 0 Å². The number of amides is 1. The highest BCUT2D eigenvalue weighted by Gasteiger charge is 2.19. The summed E-state index contributed by atoms with van der Waals surface area (Å²) in [6.07, 6.45) is 0. The summed E-state index contributed by atoms with van der Waals surface area (Å²) in [6, 6.07) is 13.4. The normalized spacial score (nSPS) is 11.1. The molecule has 28 heavy (non-hydrogen) atoms. The number of benzene rings is 2. The molecule has 0 spiro atoms. The summed E-state index contributed by atoms with van der Waals surface area (Å²) in [5.74, 6) is -0.166. The number of hydrogen-bond acceptors (Lipinski definition) is 4. The highest BCUT2D eigenvalue weighted by molar-refractivity contribution is 7.18. The maximum Gasteiger partial charge on any atom is 0.259 e. The first kappa shape index (κ1) is 18.7. The second-order valence-corrected chi connectivity index (χ2v) is 8.31. The second-order valence-electron chi connectivity index (χ2n) is 6.66. The minimum Gasteiger partial charge on any atom is -0.322 e. The maximum absolute atomic E-state index is 12.9. The van der Waals surface area contributed by atoms with Gasteiger partial charge < -0.3 is 5.32 Å². The van der Waals surface area contributed by atoms with Crippen molar-refractivity contribution >= 4 is 44.7 Å². The molecule has 0 fully saturated rings. The standard InChI is InChI=1S/C21H19ClN4OS/c1-12-20(13(2)26(25-12)11-15-6-4-5-7-17(15)22)21(27)24-16-8-9-18-19(10-16)28-14(3)23-18/h4-10H,11H2,1-3H3,(H,24,27). The van der Waals surface area contributed by atoms with Gasteiger partial charge >= 0.3 is 0 Å². The van der Waals surface area contributed by atoms with Gasteiger partial charge in [0, 0.05) is 16.4 Å². The van der Waals surface area contributed by atoms with E-state index in [1.54, 1.807) is 11.3 Å². The molecule has 2 aromatic heterocycles. The van der Waals surface area contributed by atoms with Crippen molar-refractivity contribution in [2.45, 2.75) is 27.3 Å². The van der Waals surface area contributed by atoms with E-state index in [1.165, 1.54) is 0 Å². The van der Waals surface area contributed by atoms with E-state index in [4.69, 9.17) is 11.6 Å². The van der Waals surface area contributed by atoms with E-state index in [1.807, 2.05) is 67.9 Å². The Kier molecular flexibility index (Phi) is 4.91. The van der Waals surface area contributed by atoms with Crippen molar-refractivity contribution in [2.24, 2.45) is 0 Å². The molecule has 0 aliphatic heterocycles. The fraction of sp³-hybridized carbons (Fsp3) is 0.190. The van der Waals surface area contributed by atoms with Crippen LogP contribution in [0.1, 0.15) is 32.3 Å². The molecule has 5 nitrogen and oxygen atoms in total. The first-order chi connectivity index (χ1) is 13.4. The second kappa shape index (κ2) is 7.37. The van der Waals surface area contributed by atoms with Crippen molar-refractivity contribution < 1.29 is 4.79 Å². The van der Waals surface area contributed by atoms with Gasteiger partial charge in [-0.3, -0.25) is 9.48 Å². The van der Waals surface area contributed by atoms with Crippen LogP contribution in [0.5, 0.6) is 0 Å². The molecule has 7 heteroatoms. The van der Waals surface area contributed by atoms with Gasteiger partial charge in [0.15, 0.2) is 0 Å². The van der Waals surface area contributed by atoms with E-state index < -0.39 is 0 Å². The summed E-state index contributed by atoms with van der Waals surface area (Å²) < 4.78 is 2.87. The predicted octanol–water partition coefficient (Wildman–Crippen LogP) is 5.37. The van der Waals surface area contributed by atoms with Gasteiger partial charge in [-0.05, 0) is 50.6 Å². The first-order valence-corrected chi connectivity index (χ1v) is 10.1. The Morgan fingerprint density at radius 3 is 2.75 bits per heavy atom. The number of anilines is 1. The number of thiazole rings is 1. The molecule has 1 N–H and O–H groups in total. The van der Waals surface area contributed by atoms with Crippen LogP contribution >= 0.6 is 22.9 Å². The van der Waals surface area contributed by atoms with Crippen molar-refractivity contribution in [3.63, 3.8) is 0 Å². The van der Waals surface area contributed by atoms with E-state index in [2.05, 4.69) is 15.4 Å². The third-order valence-electron chi connectivity index (χ3n) is 4.64. The lowest BCUT2D eigenvalue weighted by Gasteiger charge is -2.08. The summed E-state index contributed by atoms with van der Waals surface area (Å²) in [7, 11) is 0. The molecule has 0 aliphatic carbocycles. The molecule has 0 bridgehead atoms. The van der Waals surface area contributed by atoms with Crippen LogP contribution in [0.3, 0.4) is 0 Å². The number of fused-ring (bicyclic) bond motifs is 1. The molecule has 0 radical (unpaired) electrons. The average molecular weight is 411 g/mol. The van der Waals surface area contributed by atoms with Gasteiger partial charge in [-0.1, -0.05) is 29.8 Å². The van der Waals surface area contributed by atoms with Crippen molar-refractivity contribution in [3.8, 4) is 0 Å². The van der Waals surface area contributed by atoms with Crippen LogP contribution in [0.2, 0.25) is 5.02 Å². The third kappa shape index (κ3) is 3.53. The highest BCUT2D eigenvalue weighted by Crippen LogP contribution is 2.26. The fourth-order valence-corrected chi connectivity index (χ4v) is 4.34. The molecule has 0 aliphatic rings. The van der Waals surface area contributed by atoms with E-state index in [0.717, 1.165) is 32.2 Å². The maximum atomic E-state index is 12.9. The number of hydrogen-bond donors (Lipinski definition) is 1. The molecular weight excluding hydrogens is 392 g/mol. The lowest BCUT2D eigenvalue weighted by molar-refractivity contribution is 0.102. The fourth-order valence-electron chi connectivity index (χ4n) is 3.28. The van der Waals surface area contributed by atoms with E-state index in [0.29, 0.717) is 22.8 Å². The van der Waals surface area contributed by atoms with Gasteiger partial charge in [0.2, 0.25) is 0 Å². The van der Waals surface area contributed by atoms with Gasteiger partial charge in [-0.15, -0.1) is 11.3 Å². The number of nitrogens with zero attached hydrogens (tertiary/aromatic N) is 3. The zero-order chi connectivity index (χ0) is 19.8. The molecule has 2 heterocycles. The molecule has 2 aromatic carbocycles. The Hall–Kier alpha value is -2.70. The zero-order valence-corrected chi connectivity index (χ0v) is 17.4. The number of carbonyl (C=O) groups is 1. The quantitative estimate of drug-likeness (QED) is 0.491. The Labute approximate surface area is 172 Å². The number of nitrogens with one attached hydrogen (secondary N) is 1. The molecule has 0 atom stereocenters. The lowest BCUT2D eigenvalue weighted by atomic mass is 10.1. The Balaban J connectivity index is 1.60. The minimum absolute atomic E-state index is 0.166. The molecule has 0 unspecified atom stereocenters. The van der Waals surface area contributed by atoms with Crippen LogP contribution in [0.25, 0.3) is 10.2 Å². The predicted molar refractivity (Wildman–Crippen MR) is 115 cm³/mol. The lowest BCUT2D eigenvalue weighted by Crippen LogP contribution is -2.14. The van der Waals surface area contributed by atoms with Crippen LogP contribution in [0.15, 0.2) is 42.5 Å². The molecule has 142 valence electrons. The van der Waals surface area contributed by atoms with Gasteiger partial charge in [-0.25, -0.2) is 4.98 Å². The molecule has 0 saturated heterocycles. The summed E-state index contributed by atoms with van der Waals surface area (Å²) in [5, 5.41) is 9.24. The van der Waals surface area contributed by atoms with E-state index >= 15 is 0 Å². The molecular formula is C21H19ClN4OS. The highest BCUT2D eigenvalue weighted by atomic mass is 35.5. The van der Waals surface area contributed by atoms with Crippen LogP contribution in [-0.2, 0) is 6.54 Å². The third-order valence-corrected chi connectivity index (χ3v) is 5.94. The molecule has 1 amide bonds. The summed E-state index contributed by atoms with van der Waals surface area (Å²) >= 11 is 7.88. The minimum atomic E-state index is -0.166. The Morgan fingerprint density at radius 2 is 1.96 bits per heavy atom. The Morgan fingerprint density at radius 1 is 1.18 bits per heavy atom. The van der Waals surface area contributed by atoms with Crippen LogP contribution in [0, 0.1) is 20.8 Å². The number of halogens is 1. The Bertz CT molecular complexity index is 1190. The van der Waals surface area contributed by atoms with Gasteiger partial charge in [0.05, 0.1) is 33.0 Å². The average Bonchev–Trinajstić information content (AvgIpc) is 3.15. The molecule has 0 saturated carbocycles. The summed E-state index contributed by atoms with van der Waals surface area (Å²) in [5.41, 5.74) is 4.75. The van der Waals surface area contributed by atoms with Crippen molar-refractivity contribution in [2.75, 3.05) is 5.32 Å².